The molecule has 2 rings (SSSR count). The van der Waals surface area contributed by atoms with Crippen LogP contribution in [-0.4, -0.2) is 28.1 Å². The van der Waals surface area contributed by atoms with E-state index in [0.29, 0.717) is 17.1 Å². The third-order valence-electron chi connectivity index (χ3n) is 3.09. The lowest BCUT2D eigenvalue weighted by molar-refractivity contribution is 0.581. The molecular weight excluding hydrogens is 284 g/mol. The summed E-state index contributed by atoms with van der Waals surface area (Å²) in [4.78, 5) is 0.245. The van der Waals surface area contributed by atoms with Crippen LogP contribution >= 0.6 is 11.6 Å². The van der Waals surface area contributed by atoms with E-state index in [-0.39, 0.29) is 4.90 Å². The van der Waals surface area contributed by atoms with E-state index in [1.165, 1.54) is 6.07 Å². The van der Waals surface area contributed by atoms with Crippen LogP contribution in [0.1, 0.15) is 12.0 Å². The van der Waals surface area contributed by atoms with Gasteiger partial charge in [-0.3, -0.25) is 0 Å². The first-order valence-electron chi connectivity index (χ1n) is 6.13. The minimum absolute atomic E-state index is 0.245. The number of hydrogen-bond donors (Lipinski definition) is 2. The molecule has 1 aliphatic heterocycles. The van der Waals surface area contributed by atoms with Crippen LogP contribution in [0, 0.1) is 6.92 Å². The van der Waals surface area contributed by atoms with Crippen LogP contribution in [-0.2, 0) is 10.0 Å². The molecule has 1 aromatic carbocycles. The molecule has 4 nitrogen and oxygen atoms in total. The molecule has 0 radical (unpaired) electrons. The Hall–Kier alpha value is -0.880. The number of aryl methyl sites for hydroxylation is 1. The zero-order valence-electron chi connectivity index (χ0n) is 10.7. The molecule has 0 amide bonds. The predicted molar refractivity (Wildman–Crippen MR) is 76.9 cm³/mol. The van der Waals surface area contributed by atoms with E-state index in [1.54, 1.807) is 19.1 Å². The summed E-state index contributed by atoms with van der Waals surface area (Å²) in [5, 5.41) is 3.61. The summed E-state index contributed by atoms with van der Waals surface area (Å²) >= 11 is 5.86. The van der Waals surface area contributed by atoms with Crippen molar-refractivity contribution in [3.05, 3.63) is 40.4 Å². The first-order valence-corrected chi connectivity index (χ1v) is 7.99. The molecule has 2 N–H and O–H groups in total. The van der Waals surface area contributed by atoms with Crippen molar-refractivity contribution in [1.82, 2.24) is 10.0 Å². The molecule has 0 aromatic heterocycles. The average Bonchev–Trinajstić information content (AvgIpc) is 2.40. The van der Waals surface area contributed by atoms with Gasteiger partial charge in [-0.2, -0.15) is 0 Å². The summed E-state index contributed by atoms with van der Waals surface area (Å²) in [6.07, 6.45) is 2.90. The zero-order valence-corrected chi connectivity index (χ0v) is 12.3. The first-order chi connectivity index (χ1) is 8.99. The third kappa shape index (κ3) is 3.79. The van der Waals surface area contributed by atoms with Crippen LogP contribution in [0.15, 0.2) is 34.7 Å². The predicted octanol–water partition coefficient (Wildman–Crippen LogP) is 1.85. The first kappa shape index (κ1) is 14.5. The van der Waals surface area contributed by atoms with Crippen molar-refractivity contribution in [1.29, 1.82) is 0 Å². The highest BCUT2D eigenvalue weighted by atomic mass is 35.5. The smallest absolute Gasteiger partial charge is 0.241 e. The third-order valence-corrected chi connectivity index (χ3v) is 4.87. The monoisotopic (exact) mass is 300 g/mol. The summed E-state index contributed by atoms with van der Waals surface area (Å²) in [6.45, 7) is 3.81. The van der Waals surface area contributed by atoms with Gasteiger partial charge in [0, 0.05) is 18.1 Å². The van der Waals surface area contributed by atoms with E-state index in [0.717, 1.165) is 25.1 Å². The lowest BCUT2D eigenvalue weighted by Gasteiger charge is -2.15. The van der Waals surface area contributed by atoms with Crippen LogP contribution in [0.25, 0.3) is 0 Å². The number of benzene rings is 1. The summed E-state index contributed by atoms with van der Waals surface area (Å²) in [5.74, 6) is 0. The Kier molecular flexibility index (Phi) is 4.62. The molecule has 0 fully saturated rings. The Labute approximate surface area is 118 Å². The van der Waals surface area contributed by atoms with E-state index in [9.17, 15) is 8.42 Å². The second-order valence-corrected chi connectivity index (χ2v) is 6.72. The average molecular weight is 301 g/mol. The van der Waals surface area contributed by atoms with Gasteiger partial charge in [-0.25, -0.2) is 13.1 Å². The topological polar surface area (TPSA) is 58.2 Å². The van der Waals surface area contributed by atoms with Crippen LogP contribution in [0.3, 0.4) is 0 Å². The Balaban J connectivity index is 2.13. The molecule has 0 saturated carbocycles. The maximum Gasteiger partial charge on any atom is 0.241 e. The molecule has 1 aromatic rings. The second kappa shape index (κ2) is 6.05. The Morgan fingerprint density at radius 1 is 1.42 bits per heavy atom. The van der Waals surface area contributed by atoms with Crippen LogP contribution < -0.4 is 10.0 Å². The maximum atomic E-state index is 12.2. The van der Waals surface area contributed by atoms with E-state index in [1.807, 2.05) is 6.08 Å². The molecule has 0 aliphatic carbocycles. The van der Waals surface area contributed by atoms with Gasteiger partial charge >= 0.3 is 0 Å². The number of rotatable bonds is 4. The fraction of sp³-hybridized carbons (Fsp3) is 0.385. The lowest BCUT2D eigenvalue weighted by Crippen LogP contribution is -2.30. The SMILES string of the molecule is Cc1ccc(Cl)cc1S(=O)(=O)NCC1=CCNCC1. The second-order valence-electron chi connectivity index (χ2n) is 4.55. The highest BCUT2D eigenvalue weighted by molar-refractivity contribution is 7.89. The van der Waals surface area contributed by atoms with Crippen molar-refractivity contribution in [2.24, 2.45) is 0 Å². The zero-order chi connectivity index (χ0) is 13.9. The largest absolute Gasteiger partial charge is 0.313 e. The summed E-state index contributed by atoms with van der Waals surface area (Å²) < 4.78 is 27.1. The molecule has 104 valence electrons. The van der Waals surface area contributed by atoms with Crippen molar-refractivity contribution in [2.75, 3.05) is 19.6 Å². The van der Waals surface area contributed by atoms with Crippen LogP contribution in [0.2, 0.25) is 5.02 Å². The standard InChI is InChI=1S/C13H17ClN2O2S/c1-10-2-3-12(14)8-13(10)19(17,18)16-9-11-4-6-15-7-5-11/h2-4,8,15-16H,5-7,9H2,1H3. The van der Waals surface area contributed by atoms with E-state index >= 15 is 0 Å². The van der Waals surface area contributed by atoms with E-state index < -0.39 is 10.0 Å². The molecule has 0 spiro atoms. The highest BCUT2D eigenvalue weighted by Gasteiger charge is 2.17. The number of sulfonamides is 1. The number of halogens is 1. The molecule has 0 bridgehead atoms. The Morgan fingerprint density at radius 3 is 2.89 bits per heavy atom. The fourth-order valence-electron chi connectivity index (χ4n) is 1.96. The molecule has 1 heterocycles. The van der Waals surface area contributed by atoms with E-state index in [2.05, 4.69) is 10.0 Å². The van der Waals surface area contributed by atoms with E-state index in [4.69, 9.17) is 11.6 Å². The van der Waals surface area contributed by atoms with Gasteiger partial charge < -0.3 is 5.32 Å². The molecule has 1 aliphatic rings. The van der Waals surface area contributed by atoms with Crippen LogP contribution in [0.4, 0.5) is 0 Å². The number of hydrogen-bond acceptors (Lipinski definition) is 3. The maximum absolute atomic E-state index is 12.2. The summed E-state index contributed by atoms with van der Waals surface area (Å²) in [5.41, 5.74) is 1.80. The fourth-order valence-corrected chi connectivity index (χ4v) is 3.50. The molecule has 6 heteroatoms. The lowest BCUT2D eigenvalue weighted by atomic mass is 10.1. The van der Waals surface area contributed by atoms with Gasteiger partial charge in [-0.1, -0.05) is 29.3 Å². The minimum Gasteiger partial charge on any atom is -0.313 e. The molecule has 0 atom stereocenters. The van der Waals surface area contributed by atoms with Gasteiger partial charge in [0.25, 0.3) is 0 Å². The quantitative estimate of drug-likeness (QED) is 0.834. The summed E-state index contributed by atoms with van der Waals surface area (Å²) in [7, 11) is -3.51. The Morgan fingerprint density at radius 2 is 2.21 bits per heavy atom. The highest BCUT2D eigenvalue weighted by Crippen LogP contribution is 2.20. The van der Waals surface area contributed by atoms with Gasteiger partial charge in [-0.05, 0) is 37.6 Å². The molecule has 0 unspecified atom stereocenters. The molecule has 0 saturated heterocycles. The van der Waals surface area contributed by atoms with Crippen molar-refractivity contribution >= 4 is 21.6 Å². The number of nitrogens with one attached hydrogen (secondary N) is 2. The van der Waals surface area contributed by atoms with Gasteiger partial charge in [0.05, 0.1) is 4.90 Å². The van der Waals surface area contributed by atoms with Gasteiger partial charge in [-0.15, -0.1) is 0 Å². The van der Waals surface area contributed by atoms with Gasteiger partial charge in [0.2, 0.25) is 10.0 Å². The molecule has 19 heavy (non-hydrogen) atoms. The normalized spacial score (nSPS) is 16.2. The van der Waals surface area contributed by atoms with Crippen molar-refractivity contribution in [3.8, 4) is 0 Å². The summed E-state index contributed by atoms with van der Waals surface area (Å²) in [6, 6.07) is 4.88. The molecular formula is C13H17ClN2O2S. The van der Waals surface area contributed by atoms with Crippen LogP contribution in [0.5, 0.6) is 0 Å². The van der Waals surface area contributed by atoms with Crippen molar-refractivity contribution in [3.63, 3.8) is 0 Å². The van der Waals surface area contributed by atoms with Gasteiger partial charge in [0.1, 0.15) is 0 Å². The minimum atomic E-state index is -3.51. The van der Waals surface area contributed by atoms with Crippen molar-refractivity contribution < 1.29 is 8.42 Å². The van der Waals surface area contributed by atoms with Gasteiger partial charge in [0.15, 0.2) is 0 Å². The Bertz CT molecular complexity index is 597. The van der Waals surface area contributed by atoms with Crippen molar-refractivity contribution in [2.45, 2.75) is 18.2 Å².